The summed E-state index contributed by atoms with van der Waals surface area (Å²) in [6.07, 6.45) is 7.04. The first kappa shape index (κ1) is 12.8. The van der Waals surface area contributed by atoms with E-state index in [2.05, 4.69) is 52.3 Å². The summed E-state index contributed by atoms with van der Waals surface area (Å²) in [5, 5.41) is 7.58. The molecule has 0 amide bonds. The van der Waals surface area contributed by atoms with Crippen LogP contribution in [-0.4, -0.2) is 25.9 Å². The number of aromatic nitrogens is 4. The van der Waals surface area contributed by atoms with E-state index >= 15 is 0 Å². The highest BCUT2D eigenvalue weighted by atomic mass is 15.3. The van der Waals surface area contributed by atoms with Crippen LogP contribution < -0.4 is 5.32 Å². The van der Waals surface area contributed by atoms with Gasteiger partial charge in [-0.05, 0) is 31.5 Å². The van der Waals surface area contributed by atoms with Gasteiger partial charge in [0.1, 0.15) is 12.2 Å². The maximum absolute atomic E-state index is 4.28. The molecule has 0 atom stereocenters. The second-order valence-electron chi connectivity index (χ2n) is 4.36. The highest BCUT2D eigenvalue weighted by Gasteiger charge is 2.04. The van der Waals surface area contributed by atoms with Crippen LogP contribution in [-0.2, 0) is 19.6 Å². The Morgan fingerprint density at radius 2 is 2.22 bits per heavy atom. The largest absolute Gasteiger partial charge is 0.346 e. The van der Waals surface area contributed by atoms with Crippen molar-refractivity contribution in [2.24, 2.45) is 0 Å². The molecule has 1 N–H and O–H groups in total. The van der Waals surface area contributed by atoms with Gasteiger partial charge in [0.15, 0.2) is 0 Å². The Balaban J connectivity index is 1.94. The molecule has 5 nitrogen and oxygen atoms in total. The topological polar surface area (TPSA) is 47.7 Å². The molecule has 0 aliphatic carbocycles. The van der Waals surface area contributed by atoms with Gasteiger partial charge in [-0.25, -0.2) is 9.67 Å². The molecule has 0 radical (unpaired) electrons. The molecule has 5 heteroatoms. The lowest BCUT2D eigenvalue weighted by Crippen LogP contribution is -2.13. The molecule has 2 aromatic rings. The van der Waals surface area contributed by atoms with Crippen LogP contribution in [0.5, 0.6) is 0 Å². The molecule has 18 heavy (non-hydrogen) atoms. The monoisotopic (exact) mass is 247 g/mol. The summed E-state index contributed by atoms with van der Waals surface area (Å²) in [5.74, 6) is 1.00. The average molecular weight is 247 g/mol. The number of nitrogens with zero attached hydrogens (tertiary/aromatic N) is 4. The quantitative estimate of drug-likeness (QED) is 0.757. The molecule has 2 aromatic heterocycles. The zero-order chi connectivity index (χ0) is 12.8. The molecule has 0 saturated heterocycles. The number of hydrogen-bond donors (Lipinski definition) is 1. The van der Waals surface area contributed by atoms with Crippen LogP contribution in [0.4, 0.5) is 0 Å². The van der Waals surface area contributed by atoms with Gasteiger partial charge in [0.25, 0.3) is 0 Å². The van der Waals surface area contributed by atoms with Crippen molar-refractivity contribution in [2.75, 3.05) is 6.54 Å². The molecule has 0 aliphatic rings. The maximum atomic E-state index is 4.28. The van der Waals surface area contributed by atoms with Crippen molar-refractivity contribution in [3.63, 3.8) is 0 Å². The molecule has 0 unspecified atom stereocenters. The van der Waals surface area contributed by atoms with Crippen LogP contribution in [0.25, 0.3) is 0 Å². The molecule has 2 rings (SSSR count). The Kier molecular flexibility index (Phi) is 4.52. The van der Waals surface area contributed by atoms with Crippen molar-refractivity contribution >= 4 is 0 Å². The first-order valence-corrected chi connectivity index (χ1v) is 6.55. The Morgan fingerprint density at radius 1 is 1.33 bits per heavy atom. The van der Waals surface area contributed by atoms with Crippen LogP contribution in [0.15, 0.2) is 24.8 Å². The van der Waals surface area contributed by atoms with Gasteiger partial charge < -0.3 is 9.88 Å². The summed E-state index contributed by atoms with van der Waals surface area (Å²) >= 11 is 0. The number of nitrogens with one attached hydrogen (secondary N) is 1. The molecule has 2 heterocycles. The van der Waals surface area contributed by atoms with E-state index in [9.17, 15) is 0 Å². The zero-order valence-electron chi connectivity index (χ0n) is 11.1. The van der Waals surface area contributed by atoms with Gasteiger partial charge in [0.05, 0.1) is 6.54 Å². The third-order valence-corrected chi connectivity index (χ3v) is 2.89. The van der Waals surface area contributed by atoms with Crippen molar-refractivity contribution in [1.29, 1.82) is 0 Å². The van der Waals surface area contributed by atoms with Crippen LogP contribution >= 0.6 is 0 Å². The summed E-state index contributed by atoms with van der Waals surface area (Å²) in [5.41, 5.74) is 1.31. The van der Waals surface area contributed by atoms with Gasteiger partial charge >= 0.3 is 0 Å². The van der Waals surface area contributed by atoms with Crippen LogP contribution in [0.1, 0.15) is 31.7 Å². The number of rotatable bonds is 7. The Labute approximate surface area is 108 Å². The molecule has 98 valence electrons. The summed E-state index contributed by atoms with van der Waals surface area (Å²) < 4.78 is 4.08. The lowest BCUT2D eigenvalue weighted by molar-refractivity contribution is 0.592. The zero-order valence-corrected chi connectivity index (χ0v) is 11.1. The Hall–Kier alpha value is -1.62. The van der Waals surface area contributed by atoms with Crippen molar-refractivity contribution in [3.05, 3.63) is 36.2 Å². The van der Waals surface area contributed by atoms with Gasteiger partial charge in [-0.1, -0.05) is 6.92 Å². The van der Waals surface area contributed by atoms with Crippen molar-refractivity contribution in [3.8, 4) is 0 Å². The third kappa shape index (κ3) is 3.20. The van der Waals surface area contributed by atoms with E-state index in [0.29, 0.717) is 0 Å². The molecular weight excluding hydrogens is 226 g/mol. The minimum absolute atomic E-state index is 0.779. The fraction of sp³-hybridized carbons (Fsp3) is 0.538. The van der Waals surface area contributed by atoms with Gasteiger partial charge in [0.2, 0.25) is 0 Å². The molecule has 0 bridgehead atoms. The summed E-state index contributed by atoms with van der Waals surface area (Å²) in [6.45, 7) is 7.89. The van der Waals surface area contributed by atoms with E-state index < -0.39 is 0 Å². The van der Waals surface area contributed by atoms with E-state index in [1.807, 2.05) is 4.68 Å². The molecule has 0 aliphatic heterocycles. The molecule has 0 aromatic carbocycles. The van der Waals surface area contributed by atoms with Crippen LogP contribution in [0.3, 0.4) is 0 Å². The first-order valence-electron chi connectivity index (χ1n) is 6.55. The second kappa shape index (κ2) is 6.35. The van der Waals surface area contributed by atoms with Crippen molar-refractivity contribution in [2.45, 2.75) is 39.9 Å². The van der Waals surface area contributed by atoms with Crippen LogP contribution in [0, 0.1) is 0 Å². The average Bonchev–Trinajstić information content (AvgIpc) is 2.99. The van der Waals surface area contributed by atoms with E-state index in [4.69, 9.17) is 0 Å². The molecule has 0 spiro atoms. The van der Waals surface area contributed by atoms with Gasteiger partial charge in [-0.3, -0.25) is 0 Å². The normalized spacial score (nSPS) is 11.0. The Morgan fingerprint density at radius 3 is 3.00 bits per heavy atom. The molecule has 0 saturated carbocycles. The summed E-state index contributed by atoms with van der Waals surface area (Å²) in [4.78, 5) is 4.28. The second-order valence-corrected chi connectivity index (χ2v) is 4.36. The highest BCUT2D eigenvalue weighted by molar-refractivity contribution is 5.10. The van der Waals surface area contributed by atoms with E-state index in [1.165, 1.54) is 12.0 Å². The molecule has 0 fully saturated rings. The lowest BCUT2D eigenvalue weighted by atomic mass is 10.3. The van der Waals surface area contributed by atoms with E-state index in [1.54, 1.807) is 6.33 Å². The minimum atomic E-state index is 0.779. The van der Waals surface area contributed by atoms with Crippen molar-refractivity contribution in [1.82, 2.24) is 24.6 Å². The maximum Gasteiger partial charge on any atom is 0.146 e. The predicted molar refractivity (Wildman–Crippen MR) is 71.2 cm³/mol. The fourth-order valence-corrected chi connectivity index (χ4v) is 1.94. The highest BCUT2D eigenvalue weighted by Crippen LogP contribution is 2.04. The SMILES string of the molecule is CCCNCc1ccn(Cc2ncnn2CC)c1. The first-order chi connectivity index (χ1) is 8.83. The third-order valence-electron chi connectivity index (χ3n) is 2.89. The lowest BCUT2D eigenvalue weighted by Gasteiger charge is -2.04. The van der Waals surface area contributed by atoms with E-state index in [-0.39, 0.29) is 0 Å². The smallest absolute Gasteiger partial charge is 0.146 e. The number of hydrogen-bond acceptors (Lipinski definition) is 3. The Bertz CT molecular complexity index is 471. The molecular formula is C13H21N5. The minimum Gasteiger partial charge on any atom is -0.346 e. The van der Waals surface area contributed by atoms with Crippen molar-refractivity contribution < 1.29 is 0 Å². The summed E-state index contributed by atoms with van der Waals surface area (Å²) in [6, 6.07) is 2.15. The van der Waals surface area contributed by atoms with Gasteiger partial charge in [-0.2, -0.15) is 5.10 Å². The number of aryl methyl sites for hydroxylation is 1. The summed E-state index contributed by atoms with van der Waals surface area (Å²) in [7, 11) is 0. The van der Waals surface area contributed by atoms with Gasteiger partial charge in [0, 0.05) is 25.5 Å². The van der Waals surface area contributed by atoms with Crippen LogP contribution in [0.2, 0.25) is 0 Å². The standard InChI is InChI=1S/C13H21N5/c1-3-6-14-8-12-5-7-17(9-12)10-13-15-11-16-18(13)4-2/h5,7,9,11,14H,3-4,6,8,10H2,1-2H3. The van der Waals surface area contributed by atoms with Gasteiger partial charge in [-0.15, -0.1) is 0 Å². The fourth-order valence-electron chi connectivity index (χ4n) is 1.94. The van der Waals surface area contributed by atoms with E-state index in [0.717, 1.165) is 32.0 Å². The predicted octanol–water partition coefficient (Wildman–Crippen LogP) is 1.65.